The number of hydrogen-bond acceptors (Lipinski definition) is 3. The lowest BCUT2D eigenvalue weighted by Gasteiger charge is -2.16. The number of carbonyl (C=O) groups excluding carboxylic acids is 2. The number of ketones is 1. The smallest absolute Gasteiger partial charge is 0.299 e. The number of Topliss-reactive ketones (excluding diaryl/α,β-unsaturated/α-hetero) is 1. The minimum atomic E-state index is -0.463. The summed E-state index contributed by atoms with van der Waals surface area (Å²) in [5.41, 5.74) is 4.06. The van der Waals surface area contributed by atoms with Crippen molar-refractivity contribution in [3.63, 3.8) is 0 Å². The number of amides is 1. The highest BCUT2D eigenvalue weighted by Gasteiger charge is 2.36. The first kappa shape index (κ1) is 13.5. The van der Waals surface area contributed by atoms with Crippen LogP contribution in [-0.4, -0.2) is 21.5 Å². The standard InChI is InChI=1S/C16H17N3O2/c1-4-11-8-12(18(3)17-11)9-19-14-6-5-10(2)7-13(14)15(20)16(19)21/h5-8H,4,9H2,1-3H3. The van der Waals surface area contributed by atoms with Gasteiger partial charge in [-0.1, -0.05) is 18.6 Å². The van der Waals surface area contributed by atoms with Crippen molar-refractivity contribution in [2.75, 3.05) is 4.90 Å². The van der Waals surface area contributed by atoms with E-state index in [0.717, 1.165) is 23.4 Å². The molecule has 0 N–H and O–H groups in total. The summed E-state index contributed by atoms with van der Waals surface area (Å²) >= 11 is 0. The van der Waals surface area contributed by atoms with E-state index in [1.54, 1.807) is 10.7 Å². The molecule has 2 aromatic rings. The molecule has 0 bridgehead atoms. The Morgan fingerprint density at radius 1 is 1.19 bits per heavy atom. The Morgan fingerprint density at radius 3 is 2.62 bits per heavy atom. The van der Waals surface area contributed by atoms with Crippen molar-refractivity contribution in [1.29, 1.82) is 0 Å². The van der Waals surface area contributed by atoms with Crippen LogP contribution in [0.1, 0.15) is 34.2 Å². The van der Waals surface area contributed by atoms with E-state index in [1.807, 2.05) is 39.1 Å². The van der Waals surface area contributed by atoms with Crippen LogP contribution < -0.4 is 4.90 Å². The third-order valence-electron chi connectivity index (χ3n) is 3.84. The largest absolute Gasteiger partial charge is 0.299 e. The average Bonchev–Trinajstić information content (AvgIpc) is 2.93. The minimum absolute atomic E-state index is 0.365. The molecule has 0 saturated carbocycles. The van der Waals surface area contributed by atoms with Crippen molar-refractivity contribution in [3.05, 3.63) is 46.8 Å². The second-order valence-corrected chi connectivity index (χ2v) is 5.35. The van der Waals surface area contributed by atoms with E-state index >= 15 is 0 Å². The Balaban J connectivity index is 1.98. The Kier molecular flexibility index (Phi) is 3.12. The Bertz CT molecular complexity index is 746. The van der Waals surface area contributed by atoms with E-state index in [0.29, 0.717) is 17.8 Å². The molecule has 1 aliphatic rings. The number of carbonyl (C=O) groups is 2. The maximum atomic E-state index is 12.2. The van der Waals surface area contributed by atoms with Gasteiger partial charge in [-0.05, 0) is 31.5 Å². The summed E-state index contributed by atoms with van der Waals surface area (Å²) in [5.74, 6) is -0.888. The molecule has 1 aliphatic heterocycles. The molecule has 0 atom stereocenters. The first-order valence-electron chi connectivity index (χ1n) is 7.00. The van der Waals surface area contributed by atoms with Crippen molar-refractivity contribution < 1.29 is 9.59 Å². The molecule has 0 spiro atoms. The highest BCUT2D eigenvalue weighted by atomic mass is 16.2. The number of anilines is 1. The first-order chi connectivity index (χ1) is 10.0. The second kappa shape index (κ2) is 4.84. The molecule has 108 valence electrons. The summed E-state index contributed by atoms with van der Waals surface area (Å²) in [6, 6.07) is 7.50. The number of aryl methyl sites for hydroxylation is 3. The SMILES string of the molecule is CCc1cc(CN2C(=O)C(=O)c3cc(C)ccc32)n(C)n1. The molecule has 0 unspecified atom stereocenters. The molecule has 0 saturated heterocycles. The molecule has 0 radical (unpaired) electrons. The van der Waals surface area contributed by atoms with Gasteiger partial charge in [-0.2, -0.15) is 5.10 Å². The van der Waals surface area contributed by atoms with Crippen LogP contribution >= 0.6 is 0 Å². The number of benzene rings is 1. The van der Waals surface area contributed by atoms with Crippen LogP contribution in [0.4, 0.5) is 5.69 Å². The van der Waals surface area contributed by atoms with Gasteiger partial charge in [-0.3, -0.25) is 19.2 Å². The summed E-state index contributed by atoms with van der Waals surface area (Å²) in [6.45, 7) is 4.31. The zero-order valence-corrected chi connectivity index (χ0v) is 12.4. The molecule has 5 nitrogen and oxygen atoms in total. The highest BCUT2D eigenvalue weighted by molar-refractivity contribution is 6.52. The third kappa shape index (κ3) is 2.14. The van der Waals surface area contributed by atoms with Gasteiger partial charge in [0, 0.05) is 7.05 Å². The average molecular weight is 283 g/mol. The lowest BCUT2D eigenvalue weighted by molar-refractivity contribution is -0.114. The fraction of sp³-hybridized carbons (Fsp3) is 0.312. The summed E-state index contributed by atoms with van der Waals surface area (Å²) < 4.78 is 1.77. The molecule has 5 heteroatoms. The fourth-order valence-electron chi connectivity index (χ4n) is 2.63. The fourth-order valence-corrected chi connectivity index (χ4v) is 2.63. The van der Waals surface area contributed by atoms with E-state index in [2.05, 4.69) is 5.10 Å². The molecule has 21 heavy (non-hydrogen) atoms. The number of nitrogens with zero attached hydrogens (tertiary/aromatic N) is 3. The van der Waals surface area contributed by atoms with Gasteiger partial charge in [0.1, 0.15) is 0 Å². The van der Waals surface area contributed by atoms with Crippen LogP contribution in [-0.2, 0) is 24.8 Å². The van der Waals surface area contributed by atoms with Crippen molar-refractivity contribution in [3.8, 4) is 0 Å². The van der Waals surface area contributed by atoms with E-state index in [-0.39, 0.29) is 0 Å². The summed E-state index contributed by atoms with van der Waals surface area (Å²) in [5, 5.41) is 4.38. The highest BCUT2D eigenvalue weighted by Crippen LogP contribution is 2.31. The van der Waals surface area contributed by atoms with Gasteiger partial charge < -0.3 is 0 Å². The summed E-state index contributed by atoms with van der Waals surface area (Å²) in [6.07, 6.45) is 0.844. The van der Waals surface area contributed by atoms with Crippen LogP contribution in [0.3, 0.4) is 0 Å². The van der Waals surface area contributed by atoms with Gasteiger partial charge in [-0.15, -0.1) is 0 Å². The van der Waals surface area contributed by atoms with Gasteiger partial charge >= 0.3 is 0 Å². The predicted octanol–water partition coefficient (Wildman–Crippen LogP) is 2.02. The van der Waals surface area contributed by atoms with Gasteiger partial charge in [0.15, 0.2) is 0 Å². The van der Waals surface area contributed by atoms with Crippen LogP contribution in [0.2, 0.25) is 0 Å². The van der Waals surface area contributed by atoms with E-state index < -0.39 is 11.7 Å². The summed E-state index contributed by atoms with van der Waals surface area (Å²) in [7, 11) is 1.85. The third-order valence-corrected chi connectivity index (χ3v) is 3.84. The van der Waals surface area contributed by atoms with Crippen LogP contribution in [0.15, 0.2) is 24.3 Å². The van der Waals surface area contributed by atoms with Gasteiger partial charge in [-0.25, -0.2) is 0 Å². The molecule has 1 aromatic carbocycles. The monoisotopic (exact) mass is 283 g/mol. The van der Waals surface area contributed by atoms with Crippen molar-refractivity contribution in [2.24, 2.45) is 7.05 Å². The molecule has 2 heterocycles. The lowest BCUT2D eigenvalue weighted by atomic mass is 10.1. The van der Waals surface area contributed by atoms with Crippen molar-refractivity contribution in [2.45, 2.75) is 26.8 Å². The van der Waals surface area contributed by atoms with Gasteiger partial charge in [0.2, 0.25) is 0 Å². The number of rotatable bonds is 3. The Hall–Kier alpha value is -2.43. The molecule has 1 amide bonds. The van der Waals surface area contributed by atoms with Crippen molar-refractivity contribution >= 4 is 17.4 Å². The Labute approximate surface area is 123 Å². The molecule has 1 aromatic heterocycles. The summed E-state index contributed by atoms with van der Waals surface area (Å²) in [4.78, 5) is 25.8. The number of fused-ring (bicyclic) bond motifs is 1. The Morgan fingerprint density at radius 2 is 1.95 bits per heavy atom. The number of hydrogen-bond donors (Lipinski definition) is 0. The quantitative estimate of drug-likeness (QED) is 0.810. The second-order valence-electron chi connectivity index (χ2n) is 5.35. The minimum Gasteiger partial charge on any atom is -0.299 e. The zero-order valence-electron chi connectivity index (χ0n) is 12.4. The van der Waals surface area contributed by atoms with Crippen molar-refractivity contribution in [1.82, 2.24) is 9.78 Å². The van der Waals surface area contributed by atoms with Crippen LogP contribution in [0, 0.1) is 6.92 Å². The molecule has 3 rings (SSSR count). The zero-order chi connectivity index (χ0) is 15.1. The van der Waals surface area contributed by atoms with E-state index in [1.165, 1.54) is 4.90 Å². The number of aromatic nitrogens is 2. The lowest BCUT2D eigenvalue weighted by Crippen LogP contribution is -2.30. The maximum Gasteiger partial charge on any atom is 0.299 e. The van der Waals surface area contributed by atoms with Gasteiger partial charge in [0.05, 0.1) is 29.2 Å². The van der Waals surface area contributed by atoms with Crippen LogP contribution in [0.5, 0.6) is 0 Å². The molecule has 0 aliphatic carbocycles. The maximum absolute atomic E-state index is 12.2. The molecular formula is C16H17N3O2. The predicted molar refractivity (Wildman–Crippen MR) is 79.3 cm³/mol. The van der Waals surface area contributed by atoms with E-state index in [9.17, 15) is 9.59 Å². The molecule has 0 fully saturated rings. The normalized spacial score (nSPS) is 14.0. The molecular weight excluding hydrogens is 266 g/mol. The topological polar surface area (TPSA) is 55.2 Å². The van der Waals surface area contributed by atoms with Crippen LogP contribution in [0.25, 0.3) is 0 Å². The first-order valence-corrected chi connectivity index (χ1v) is 7.00. The van der Waals surface area contributed by atoms with Gasteiger partial charge in [0.25, 0.3) is 11.7 Å². The van der Waals surface area contributed by atoms with E-state index in [4.69, 9.17) is 0 Å².